The number of benzene rings is 2. The maximum atomic E-state index is 12.4. The van der Waals surface area contributed by atoms with E-state index >= 15 is 0 Å². The molecular weight excluding hydrogens is 324 g/mol. The molecule has 1 heterocycles. The lowest BCUT2D eigenvalue weighted by atomic mass is 10.0. The minimum atomic E-state index is -0.614. The van der Waals surface area contributed by atoms with E-state index in [0.717, 1.165) is 29.7 Å². The number of hydrogen-bond acceptors (Lipinski definition) is 3. The van der Waals surface area contributed by atoms with Gasteiger partial charge in [-0.15, -0.1) is 0 Å². The Kier molecular flexibility index (Phi) is 5.97. The lowest BCUT2D eigenvalue weighted by Crippen LogP contribution is -2.29. The average molecular weight is 348 g/mol. The number of aryl methyl sites for hydroxylation is 2. The van der Waals surface area contributed by atoms with E-state index in [9.17, 15) is 9.90 Å². The summed E-state index contributed by atoms with van der Waals surface area (Å²) < 4.78 is 1.39. The van der Waals surface area contributed by atoms with E-state index in [2.05, 4.69) is 5.10 Å². The summed E-state index contributed by atoms with van der Waals surface area (Å²) in [6.07, 6.45) is 1.49. The second kappa shape index (κ2) is 8.59. The first-order valence-corrected chi connectivity index (χ1v) is 9.06. The van der Waals surface area contributed by atoms with Crippen molar-refractivity contribution in [2.24, 2.45) is 0 Å². The second-order valence-corrected chi connectivity index (χ2v) is 6.44. The Labute approximate surface area is 153 Å². The minimum absolute atomic E-state index is 0.166. The molecule has 26 heavy (non-hydrogen) atoms. The first kappa shape index (κ1) is 18.1. The number of rotatable bonds is 7. The molecule has 134 valence electrons. The van der Waals surface area contributed by atoms with Gasteiger partial charge in [-0.3, -0.25) is 4.79 Å². The lowest BCUT2D eigenvalue weighted by molar-refractivity contribution is 0.138. The molecule has 2 aromatic carbocycles. The molecule has 4 nitrogen and oxygen atoms in total. The summed E-state index contributed by atoms with van der Waals surface area (Å²) in [6.45, 7) is 2.22. The van der Waals surface area contributed by atoms with Crippen molar-refractivity contribution in [1.29, 1.82) is 0 Å². The van der Waals surface area contributed by atoms with Crippen LogP contribution in [0.1, 0.15) is 24.5 Å². The van der Waals surface area contributed by atoms with Crippen LogP contribution in [0.3, 0.4) is 0 Å². The molecule has 0 aliphatic heterocycles. The van der Waals surface area contributed by atoms with Gasteiger partial charge in [0.25, 0.3) is 5.56 Å². The van der Waals surface area contributed by atoms with Crippen molar-refractivity contribution in [1.82, 2.24) is 9.78 Å². The fraction of sp³-hybridized carbons (Fsp3) is 0.273. The summed E-state index contributed by atoms with van der Waals surface area (Å²) in [5.41, 5.74) is 3.73. The molecule has 1 atom stereocenters. The zero-order chi connectivity index (χ0) is 18.4. The zero-order valence-corrected chi connectivity index (χ0v) is 15.0. The Morgan fingerprint density at radius 3 is 2.35 bits per heavy atom. The Balaban J connectivity index is 1.78. The van der Waals surface area contributed by atoms with Crippen molar-refractivity contribution in [3.63, 3.8) is 0 Å². The molecule has 1 N–H and O–H groups in total. The molecule has 3 aromatic rings. The third-order valence-corrected chi connectivity index (χ3v) is 4.50. The molecule has 0 saturated heterocycles. The molecule has 0 aliphatic rings. The van der Waals surface area contributed by atoms with Crippen molar-refractivity contribution >= 4 is 0 Å². The molecule has 1 unspecified atom stereocenters. The molecule has 3 rings (SSSR count). The molecular formula is C22H24N2O2. The van der Waals surface area contributed by atoms with Gasteiger partial charge in [-0.1, -0.05) is 67.6 Å². The summed E-state index contributed by atoms with van der Waals surface area (Å²) in [6, 6.07) is 21.5. The van der Waals surface area contributed by atoms with Crippen LogP contribution < -0.4 is 5.56 Å². The van der Waals surface area contributed by atoms with Gasteiger partial charge in [0.1, 0.15) is 0 Å². The molecule has 0 radical (unpaired) electrons. The molecule has 0 spiro atoms. The third-order valence-electron chi connectivity index (χ3n) is 4.50. The Morgan fingerprint density at radius 2 is 1.69 bits per heavy atom. The molecule has 0 saturated carbocycles. The minimum Gasteiger partial charge on any atom is -0.391 e. The highest BCUT2D eigenvalue weighted by molar-refractivity contribution is 5.62. The first-order valence-electron chi connectivity index (χ1n) is 9.06. The fourth-order valence-electron chi connectivity index (χ4n) is 3.03. The highest BCUT2D eigenvalue weighted by Crippen LogP contribution is 2.20. The maximum absolute atomic E-state index is 12.4. The predicted octanol–water partition coefficient (Wildman–Crippen LogP) is 3.47. The van der Waals surface area contributed by atoms with Crippen molar-refractivity contribution < 1.29 is 5.11 Å². The SMILES string of the molecule is CCc1cc(=O)n(CC(O)CCc2ccccc2)nc1-c1ccccc1. The van der Waals surface area contributed by atoms with Crippen LogP contribution in [0.25, 0.3) is 11.3 Å². The number of aliphatic hydroxyl groups excluding tert-OH is 1. The van der Waals surface area contributed by atoms with Crippen LogP contribution in [-0.4, -0.2) is 21.0 Å². The van der Waals surface area contributed by atoms with Crippen LogP contribution in [0.4, 0.5) is 0 Å². The van der Waals surface area contributed by atoms with Crippen LogP contribution in [0.15, 0.2) is 71.5 Å². The van der Waals surface area contributed by atoms with Gasteiger partial charge in [-0.2, -0.15) is 5.10 Å². The maximum Gasteiger partial charge on any atom is 0.267 e. The standard InChI is InChI=1S/C22H24N2O2/c1-2-18-15-21(26)24(23-22(18)19-11-7-4-8-12-19)16-20(25)14-13-17-9-5-3-6-10-17/h3-12,15,20,25H,2,13-14,16H2,1H3. The zero-order valence-electron chi connectivity index (χ0n) is 15.0. The first-order chi connectivity index (χ1) is 12.7. The third kappa shape index (κ3) is 4.46. The molecule has 4 heteroatoms. The van der Waals surface area contributed by atoms with Crippen molar-refractivity contribution in [2.45, 2.75) is 38.8 Å². The summed E-state index contributed by atoms with van der Waals surface area (Å²) in [5, 5.41) is 14.9. The lowest BCUT2D eigenvalue weighted by Gasteiger charge is -2.15. The van der Waals surface area contributed by atoms with Crippen LogP contribution in [0, 0.1) is 0 Å². The van der Waals surface area contributed by atoms with Gasteiger partial charge in [0.2, 0.25) is 0 Å². The van der Waals surface area contributed by atoms with Crippen molar-refractivity contribution in [3.8, 4) is 11.3 Å². The number of aromatic nitrogens is 2. The second-order valence-electron chi connectivity index (χ2n) is 6.44. The molecule has 0 bridgehead atoms. The largest absolute Gasteiger partial charge is 0.391 e. The van der Waals surface area contributed by atoms with Crippen LogP contribution >= 0.6 is 0 Å². The van der Waals surface area contributed by atoms with E-state index in [1.165, 1.54) is 10.2 Å². The van der Waals surface area contributed by atoms with Crippen LogP contribution in [0.5, 0.6) is 0 Å². The van der Waals surface area contributed by atoms with Crippen LogP contribution in [-0.2, 0) is 19.4 Å². The number of nitrogens with zero attached hydrogens (tertiary/aromatic N) is 2. The quantitative estimate of drug-likeness (QED) is 0.711. The number of hydrogen-bond donors (Lipinski definition) is 1. The monoisotopic (exact) mass is 348 g/mol. The highest BCUT2D eigenvalue weighted by Gasteiger charge is 2.13. The summed E-state index contributed by atoms with van der Waals surface area (Å²) in [4.78, 5) is 12.4. The predicted molar refractivity (Wildman–Crippen MR) is 104 cm³/mol. The van der Waals surface area contributed by atoms with Gasteiger partial charge in [0.05, 0.1) is 18.3 Å². The Hall–Kier alpha value is -2.72. The molecule has 0 fully saturated rings. The van der Waals surface area contributed by atoms with Gasteiger partial charge < -0.3 is 5.11 Å². The highest BCUT2D eigenvalue weighted by atomic mass is 16.3. The Morgan fingerprint density at radius 1 is 1.04 bits per heavy atom. The topological polar surface area (TPSA) is 55.1 Å². The molecule has 0 aliphatic carbocycles. The molecule has 0 amide bonds. The van der Waals surface area contributed by atoms with Gasteiger partial charge >= 0.3 is 0 Å². The van der Waals surface area contributed by atoms with E-state index in [1.54, 1.807) is 6.07 Å². The summed E-state index contributed by atoms with van der Waals surface area (Å²) in [5.74, 6) is 0. The van der Waals surface area contributed by atoms with Gasteiger partial charge in [0, 0.05) is 11.6 Å². The van der Waals surface area contributed by atoms with Crippen molar-refractivity contribution in [2.75, 3.05) is 0 Å². The van der Waals surface area contributed by atoms with E-state index in [4.69, 9.17) is 0 Å². The molecule has 1 aromatic heterocycles. The smallest absolute Gasteiger partial charge is 0.267 e. The summed E-state index contributed by atoms with van der Waals surface area (Å²) in [7, 11) is 0. The van der Waals surface area contributed by atoms with E-state index in [0.29, 0.717) is 6.42 Å². The average Bonchev–Trinajstić information content (AvgIpc) is 2.69. The van der Waals surface area contributed by atoms with Gasteiger partial charge in [-0.25, -0.2) is 4.68 Å². The van der Waals surface area contributed by atoms with E-state index in [-0.39, 0.29) is 12.1 Å². The Bertz CT molecular complexity index is 889. The van der Waals surface area contributed by atoms with E-state index < -0.39 is 6.10 Å². The van der Waals surface area contributed by atoms with E-state index in [1.807, 2.05) is 67.6 Å². The van der Waals surface area contributed by atoms with Crippen molar-refractivity contribution in [3.05, 3.63) is 88.2 Å². The van der Waals surface area contributed by atoms with Crippen LogP contribution in [0.2, 0.25) is 0 Å². The fourth-order valence-corrected chi connectivity index (χ4v) is 3.03. The van der Waals surface area contributed by atoms with Gasteiger partial charge in [0.15, 0.2) is 0 Å². The van der Waals surface area contributed by atoms with Gasteiger partial charge in [-0.05, 0) is 30.4 Å². The summed E-state index contributed by atoms with van der Waals surface area (Å²) >= 11 is 0. The normalized spacial score (nSPS) is 12.1. The number of aliphatic hydroxyl groups is 1.